The molecule has 1 unspecified atom stereocenters. The van der Waals surface area contributed by atoms with E-state index in [-0.39, 0.29) is 17.5 Å². The molecule has 0 saturated carbocycles. The van der Waals surface area contributed by atoms with Gasteiger partial charge in [0.25, 0.3) is 5.56 Å². The van der Waals surface area contributed by atoms with Crippen molar-refractivity contribution in [2.75, 3.05) is 7.11 Å². The van der Waals surface area contributed by atoms with Gasteiger partial charge in [0, 0.05) is 24.4 Å². The number of benzene rings is 1. The highest BCUT2D eigenvalue weighted by molar-refractivity contribution is 6.06. The van der Waals surface area contributed by atoms with Gasteiger partial charge in [-0.1, -0.05) is 19.1 Å². The molecule has 0 fully saturated rings. The number of nitrogens with zero attached hydrogens (tertiary/aromatic N) is 3. The Morgan fingerprint density at radius 2 is 2.03 bits per heavy atom. The number of ether oxygens (including phenoxy) is 1. The van der Waals surface area contributed by atoms with E-state index in [0.717, 1.165) is 22.3 Å². The van der Waals surface area contributed by atoms with Gasteiger partial charge in [-0.2, -0.15) is 5.10 Å². The number of fused-ring (bicyclic) bond motifs is 1. The van der Waals surface area contributed by atoms with Crippen molar-refractivity contribution in [2.45, 2.75) is 32.7 Å². The van der Waals surface area contributed by atoms with Crippen LogP contribution in [-0.2, 0) is 4.79 Å². The summed E-state index contributed by atoms with van der Waals surface area (Å²) in [4.78, 5) is 32.5. The van der Waals surface area contributed by atoms with Crippen LogP contribution in [0.2, 0.25) is 0 Å². The average molecular weight is 390 g/mol. The summed E-state index contributed by atoms with van der Waals surface area (Å²) in [5.74, 6) is 0.660. The van der Waals surface area contributed by atoms with Gasteiger partial charge in [-0.15, -0.1) is 0 Å². The Kier molecular flexibility index (Phi) is 4.88. The standard InChI is InChI=1S/C22H22N4O3/c1-4-19(27)26-18(14-7-9-15(29-3)10-8-14)12-17(25-26)20-13(2)16-6-5-11-23-21(16)24-22(20)28/h5-11,18H,4,12H2,1-3H3,(H,23,24,28). The minimum Gasteiger partial charge on any atom is -0.497 e. The first-order valence-corrected chi connectivity index (χ1v) is 9.55. The second-order valence-electron chi connectivity index (χ2n) is 6.99. The Balaban J connectivity index is 1.79. The summed E-state index contributed by atoms with van der Waals surface area (Å²) >= 11 is 0. The van der Waals surface area contributed by atoms with Crippen LogP contribution in [0.5, 0.6) is 5.75 Å². The normalized spacial score (nSPS) is 16.2. The highest BCUT2D eigenvalue weighted by atomic mass is 16.5. The SMILES string of the molecule is CCC(=O)N1N=C(c2c(C)c3cccnc3[nH]c2=O)CC1c1ccc(OC)cc1. The number of nitrogens with one attached hydrogen (secondary N) is 1. The molecule has 0 aliphatic carbocycles. The maximum absolute atomic E-state index is 12.8. The third-order valence-electron chi connectivity index (χ3n) is 5.30. The quantitative estimate of drug-likeness (QED) is 0.740. The first kappa shape index (κ1) is 18.9. The molecule has 1 amide bonds. The minimum atomic E-state index is -0.258. The van der Waals surface area contributed by atoms with Crippen molar-refractivity contribution in [3.05, 3.63) is 69.6 Å². The number of carbonyl (C=O) groups is 1. The molecule has 3 aromatic rings. The zero-order valence-corrected chi connectivity index (χ0v) is 16.6. The van der Waals surface area contributed by atoms with E-state index in [4.69, 9.17) is 4.74 Å². The third-order valence-corrected chi connectivity index (χ3v) is 5.30. The van der Waals surface area contributed by atoms with E-state index in [1.807, 2.05) is 43.3 Å². The number of pyridine rings is 2. The van der Waals surface area contributed by atoms with Gasteiger partial charge < -0.3 is 9.72 Å². The van der Waals surface area contributed by atoms with Crippen LogP contribution in [-0.4, -0.2) is 33.7 Å². The van der Waals surface area contributed by atoms with Gasteiger partial charge in [0.05, 0.1) is 24.4 Å². The van der Waals surface area contributed by atoms with Crippen molar-refractivity contribution in [3.63, 3.8) is 0 Å². The number of aryl methyl sites for hydroxylation is 1. The average Bonchev–Trinajstić information content (AvgIpc) is 3.18. The molecule has 1 atom stereocenters. The number of hydrogen-bond donors (Lipinski definition) is 1. The van der Waals surface area contributed by atoms with E-state index in [0.29, 0.717) is 29.8 Å². The second-order valence-corrected chi connectivity index (χ2v) is 6.99. The van der Waals surface area contributed by atoms with Gasteiger partial charge in [-0.25, -0.2) is 9.99 Å². The van der Waals surface area contributed by atoms with E-state index >= 15 is 0 Å². The van der Waals surface area contributed by atoms with Crippen LogP contribution >= 0.6 is 0 Å². The van der Waals surface area contributed by atoms with Gasteiger partial charge in [0.1, 0.15) is 11.4 Å². The Hall–Kier alpha value is -3.48. The Bertz CT molecular complexity index is 1160. The molecule has 1 aliphatic rings. The monoisotopic (exact) mass is 390 g/mol. The summed E-state index contributed by atoms with van der Waals surface area (Å²) in [7, 11) is 1.61. The molecular formula is C22H22N4O3. The van der Waals surface area contributed by atoms with Gasteiger partial charge in [-0.3, -0.25) is 9.59 Å². The number of hydrazone groups is 1. The lowest BCUT2D eigenvalue weighted by atomic mass is 9.95. The predicted molar refractivity (Wildman–Crippen MR) is 111 cm³/mol. The lowest BCUT2D eigenvalue weighted by Gasteiger charge is -2.21. The summed E-state index contributed by atoms with van der Waals surface area (Å²) in [5.41, 5.74) is 3.18. The number of rotatable bonds is 4. The number of hydrogen-bond acceptors (Lipinski definition) is 5. The fourth-order valence-electron chi connectivity index (χ4n) is 3.77. The molecule has 7 nitrogen and oxygen atoms in total. The zero-order valence-electron chi connectivity index (χ0n) is 16.6. The van der Waals surface area contributed by atoms with Gasteiger partial charge >= 0.3 is 0 Å². The Morgan fingerprint density at radius 1 is 1.28 bits per heavy atom. The molecule has 29 heavy (non-hydrogen) atoms. The van der Waals surface area contributed by atoms with Crippen molar-refractivity contribution < 1.29 is 9.53 Å². The van der Waals surface area contributed by atoms with Gasteiger partial charge in [0.15, 0.2) is 0 Å². The first-order chi connectivity index (χ1) is 14.0. The van der Waals surface area contributed by atoms with E-state index in [1.54, 1.807) is 20.2 Å². The maximum Gasteiger partial charge on any atom is 0.259 e. The number of aromatic amines is 1. The molecule has 0 saturated heterocycles. The maximum atomic E-state index is 12.8. The van der Waals surface area contributed by atoms with Crippen molar-refractivity contribution in [2.24, 2.45) is 5.10 Å². The zero-order chi connectivity index (χ0) is 20.5. The molecule has 7 heteroatoms. The van der Waals surface area contributed by atoms with Crippen molar-refractivity contribution >= 4 is 22.7 Å². The number of methoxy groups -OCH3 is 1. The van der Waals surface area contributed by atoms with Crippen molar-refractivity contribution in [3.8, 4) is 5.75 Å². The fourth-order valence-corrected chi connectivity index (χ4v) is 3.77. The number of carbonyl (C=O) groups excluding carboxylic acids is 1. The van der Waals surface area contributed by atoms with Gasteiger partial charge in [-0.05, 0) is 42.3 Å². The fraction of sp³-hybridized carbons (Fsp3) is 0.273. The molecule has 0 radical (unpaired) electrons. The molecule has 148 valence electrons. The van der Waals surface area contributed by atoms with Crippen molar-refractivity contribution in [1.82, 2.24) is 15.0 Å². The summed E-state index contributed by atoms with van der Waals surface area (Å²) < 4.78 is 5.23. The van der Waals surface area contributed by atoms with Crippen molar-refractivity contribution in [1.29, 1.82) is 0 Å². The molecule has 4 rings (SSSR count). The minimum absolute atomic E-state index is 0.0858. The summed E-state index contributed by atoms with van der Waals surface area (Å²) in [6.07, 6.45) is 2.44. The van der Waals surface area contributed by atoms with Crippen LogP contribution in [0.1, 0.15) is 42.5 Å². The number of aromatic nitrogens is 2. The summed E-state index contributed by atoms with van der Waals surface area (Å²) in [5, 5.41) is 6.96. The van der Waals surface area contributed by atoms with Gasteiger partial charge in [0.2, 0.25) is 5.91 Å². The predicted octanol–water partition coefficient (Wildman–Crippen LogP) is 3.33. The first-order valence-electron chi connectivity index (χ1n) is 9.55. The molecule has 3 heterocycles. The summed E-state index contributed by atoms with van der Waals surface area (Å²) in [6.45, 7) is 3.70. The van der Waals surface area contributed by atoms with E-state index in [2.05, 4.69) is 15.1 Å². The van der Waals surface area contributed by atoms with Crippen LogP contribution in [0.25, 0.3) is 11.0 Å². The molecule has 1 aliphatic heterocycles. The lowest BCUT2D eigenvalue weighted by molar-refractivity contribution is -0.132. The Labute approximate surface area is 168 Å². The molecular weight excluding hydrogens is 368 g/mol. The smallest absolute Gasteiger partial charge is 0.259 e. The van der Waals surface area contributed by atoms with Crippen LogP contribution in [0.15, 0.2) is 52.5 Å². The second kappa shape index (κ2) is 7.50. The largest absolute Gasteiger partial charge is 0.497 e. The molecule has 1 aromatic carbocycles. The number of H-pyrrole nitrogens is 1. The van der Waals surface area contributed by atoms with E-state index < -0.39 is 0 Å². The van der Waals surface area contributed by atoms with E-state index in [9.17, 15) is 9.59 Å². The van der Waals surface area contributed by atoms with E-state index in [1.165, 1.54) is 5.01 Å². The highest BCUT2D eigenvalue weighted by Crippen LogP contribution is 2.34. The molecule has 2 aromatic heterocycles. The van der Waals surface area contributed by atoms with Crippen LogP contribution < -0.4 is 10.3 Å². The molecule has 1 N–H and O–H groups in total. The molecule has 0 bridgehead atoms. The summed E-state index contributed by atoms with van der Waals surface area (Å²) in [6, 6.07) is 11.1. The third kappa shape index (κ3) is 3.29. The van der Waals surface area contributed by atoms with Crippen LogP contribution in [0.4, 0.5) is 0 Å². The Morgan fingerprint density at radius 3 is 2.72 bits per heavy atom. The van der Waals surface area contributed by atoms with Crippen LogP contribution in [0, 0.1) is 6.92 Å². The van der Waals surface area contributed by atoms with Crippen LogP contribution in [0.3, 0.4) is 0 Å². The topological polar surface area (TPSA) is 87.7 Å². The molecule has 0 spiro atoms. The lowest BCUT2D eigenvalue weighted by Crippen LogP contribution is -2.26. The highest BCUT2D eigenvalue weighted by Gasteiger charge is 2.34. The number of amides is 1.